The van der Waals surface area contributed by atoms with Crippen molar-refractivity contribution < 1.29 is 9.53 Å². The largest absolute Gasteiger partial charge is 0.444 e. The Morgan fingerprint density at radius 1 is 1.60 bits per heavy atom. The van der Waals surface area contributed by atoms with Crippen LogP contribution in [0.2, 0.25) is 5.02 Å². The number of carbonyl (C=O) groups excluding carboxylic acids is 1. The minimum Gasteiger partial charge on any atom is -0.444 e. The summed E-state index contributed by atoms with van der Waals surface area (Å²) < 4.78 is 5.01. The fourth-order valence-corrected chi connectivity index (χ4v) is 1.83. The Kier molecular flexibility index (Phi) is 2.44. The van der Waals surface area contributed by atoms with Crippen molar-refractivity contribution in [3.63, 3.8) is 0 Å². The van der Waals surface area contributed by atoms with Crippen molar-refractivity contribution >= 4 is 29.1 Å². The van der Waals surface area contributed by atoms with Crippen LogP contribution in [0.4, 0.5) is 16.2 Å². The first-order chi connectivity index (χ1) is 7.08. The molecule has 2 rings (SSSR count). The Labute approximate surface area is 92.6 Å². The summed E-state index contributed by atoms with van der Waals surface area (Å²) in [5.41, 5.74) is 6.78. The topological polar surface area (TPSA) is 55.6 Å². The monoisotopic (exact) mass is 226 g/mol. The van der Waals surface area contributed by atoms with Crippen molar-refractivity contribution in [2.45, 2.75) is 13.0 Å². The van der Waals surface area contributed by atoms with Crippen molar-refractivity contribution in [3.8, 4) is 0 Å². The number of halogens is 1. The van der Waals surface area contributed by atoms with Crippen LogP contribution in [0.1, 0.15) is 6.92 Å². The highest BCUT2D eigenvalue weighted by molar-refractivity contribution is 6.34. The Morgan fingerprint density at radius 2 is 2.33 bits per heavy atom. The molecule has 1 aliphatic heterocycles. The van der Waals surface area contributed by atoms with E-state index < -0.39 is 0 Å². The first kappa shape index (κ1) is 10.1. The molecule has 0 bridgehead atoms. The third-order valence-corrected chi connectivity index (χ3v) is 2.53. The minimum absolute atomic E-state index is 0.105. The van der Waals surface area contributed by atoms with E-state index in [1.165, 1.54) is 4.90 Å². The van der Waals surface area contributed by atoms with E-state index in [4.69, 9.17) is 22.1 Å². The smallest absolute Gasteiger partial charge is 0.414 e. The number of ether oxygens (including phenoxy) is 1. The van der Waals surface area contributed by atoms with Crippen LogP contribution < -0.4 is 10.6 Å². The van der Waals surface area contributed by atoms with Crippen LogP contribution in [0.25, 0.3) is 0 Å². The van der Waals surface area contributed by atoms with E-state index in [1.807, 2.05) is 6.92 Å². The molecule has 1 fully saturated rings. The molecule has 2 N–H and O–H groups in total. The number of cyclic esters (lactones) is 1. The van der Waals surface area contributed by atoms with E-state index in [0.717, 1.165) is 0 Å². The number of nitrogen functional groups attached to an aromatic ring is 1. The van der Waals surface area contributed by atoms with Gasteiger partial charge in [-0.3, -0.25) is 4.90 Å². The molecule has 1 aromatic carbocycles. The van der Waals surface area contributed by atoms with Gasteiger partial charge in [0.25, 0.3) is 0 Å². The van der Waals surface area contributed by atoms with Crippen LogP contribution in [-0.2, 0) is 4.74 Å². The van der Waals surface area contributed by atoms with Crippen molar-refractivity contribution in [1.82, 2.24) is 0 Å². The summed E-state index contributed by atoms with van der Waals surface area (Å²) in [5.74, 6) is 0. The van der Waals surface area contributed by atoms with E-state index in [-0.39, 0.29) is 12.2 Å². The van der Waals surface area contributed by atoms with Gasteiger partial charge >= 0.3 is 6.09 Å². The lowest BCUT2D eigenvalue weighted by Gasteiger charge is -2.14. The predicted octanol–water partition coefficient (Wildman–Crippen LogP) is 2.27. The van der Waals surface area contributed by atoms with Crippen LogP contribution in [-0.4, -0.2) is 18.7 Å². The summed E-state index contributed by atoms with van der Waals surface area (Å²) >= 11 is 5.99. The van der Waals surface area contributed by atoms with Crippen molar-refractivity contribution in [3.05, 3.63) is 23.2 Å². The van der Waals surface area contributed by atoms with Gasteiger partial charge in [0, 0.05) is 5.69 Å². The standard InChI is InChI=1S/C10H11ClN2O2/c1-6-5-13(10(14)15-6)9-3-2-7(12)4-8(9)11/h2-4,6H,5,12H2,1H3. The average molecular weight is 227 g/mol. The molecule has 5 heteroatoms. The summed E-state index contributed by atoms with van der Waals surface area (Å²) in [7, 11) is 0. The van der Waals surface area contributed by atoms with Crippen molar-refractivity contribution in [1.29, 1.82) is 0 Å². The summed E-state index contributed by atoms with van der Waals surface area (Å²) in [6.45, 7) is 2.35. The molecule has 4 nitrogen and oxygen atoms in total. The zero-order chi connectivity index (χ0) is 11.0. The summed E-state index contributed by atoms with van der Waals surface area (Å²) in [4.78, 5) is 12.9. The zero-order valence-electron chi connectivity index (χ0n) is 8.24. The van der Waals surface area contributed by atoms with Gasteiger partial charge in [-0.15, -0.1) is 0 Å². The van der Waals surface area contributed by atoms with Gasteiger partial charge in [-0.1, -0.05) is 11.6 Å². The molecule has 15 heavy (non-hydrogen) atoms. The van der Waals surface area contributed by atoms with Gasteiger partial charge in [-0.25, -0.2) is 4.79 Å². The number of rotatable bonds is 1. The van der Waals surface area contributed by atoms with Crippen LogP contribution in [0, 0.1) is 0 Å². The van der Waals surface area contributed by atoms with Crippen LogP contribution in [0.3, 0.4) is 0 Å². The van der Waals surface area contributed by atoms with Crippen LogP contribution in [0.15, 0.2) is 18.2 Å². The maximum Gasteiger partial charge on any atom is 0.414 e. The van der Waals surface area contributed by atoms with E-state index in [2.05, 4.69) is 0 Å². The number of nitrogens with two attached hydrogens (primary N) is 1. The van der Waals surface area contributed by atoms with E-state index >= 15 is 0 Å². The van der Waals surface area contributed by atoms with E-state index in [1.54, 1.807) is 18.2 Å². The third kappa shape index (κ3) is 1.85. The molecular formula is C10H11ClN2O2. The summed E-state index contributed by atoms with van der Waals surface area (Å²) in [5, 5.41) is 0.459. The quantitative estimate of drug-likeness (QED) is 0.748. The van der Waals surface area contributed by atoms with Crippen LogP contribution >= 0.6 is 11.6 Å². The minimum atomic E-state index is -0.367. The maximum atomic E-state index is 11.4. The Balaban J connectivity index is 2.34. The Morgan fingerprint density at radius 3 is 2.87 bits per heavy atom. The first-order valence-electron chi connectivity index (χ1n) is 4.61. The van der Waals surface area contributed by atoms with Gasteiger partial charge in [0.05, 0.1) is 17.3 Å². The van der Waals surface area contributed by atoms with Crippen molar-refractivity contribution in [2.75, 3.05) is 17.2 Å². The number of benzene rings is 1. The maximum absolute atomic E-state index is 11.4. The Bertz CT molecular complexity index is 408. The predicted molar refractivity (Wildman–Crippen MR) is 59.2 cm³/mol. The van der Waals surface area contributed by atoms with E-state index in [9.17, 15) is 4.79 Å². The lowest BCUT2D eigenvalue weighted by Crippen LogP contribution is -2.24. The molecule has 1 heterocycles. The highest BCUT2D eigenvalue weighted by atomic mass is 35.5. The van der Waals surface area contributed by atoms with Gasteiger partial charge in [-0.2, -0.15) is 0 Å². The molecule has 1 unspecified atom stereocenters. The summed E-state index contributed by atoms with van der Waals surface area (Å²) in [6.07, 6.45) is -0.472. The second-order valence-electron chi connectivity index (χ2n) is 3.52. The third-order valence-electron chi connectivity index (χ3n) is 2.22. The van der Waals surface area contributed by atoms with Gasteiger partial charge in [0.1, 0.15) is 6.10 Å². The van der Waals surface area contributed by atoms with Crippen molar-refractivity contribution in [2.24, 2.45) is 0 Å². The number of hydrogen-bond donors (Lipinski definition) is 1. The summed E-state index contributed by atoms with van der Waals surface area (Å²) in [6, 6.07) is 5.04. The zero-order valence-corrected chi connectivity index (χ0v) is 8.99. The number of carbonyl (C=O) groups is 1. The number of anilines is 2. The van der Waals surface area contributed by atoms with Gasteiger partial charge in [-0.05, 0) is 25.1 Å². The van der Waals surface area contributed by atoms with Gasteiger partial charge in [0.15, 0.2) is 0 Å². The Hall–Kier alpha value is -1.42. The SMILES string of the molecule is CC1CN(c2ccc(N)cc2Cl)C(=O)O1. The molecule has 1 aliphatic rings. The molecule has 1 atom stereocenters. The molecule has 1 aromatic rings. The fraction of sp³-hybridized carbons (Fsp3) is 0.300. The molecule has 1 amide bonds. The molecule has 0 radical (unpaired) electrons. The molecule has 0 aromatic heterocycles. The van der Waals surface area contributed by atoms with Gasteiger partial charge in [0.2, 0.25) is 0 Å². The second-order valence-corrected chi connectivity index (χ2v) is 3.92. The lowest BCUT2D eigenvalue weighted by molar-refractivity contribution is 0.150. The fourth-order valence-electron chi connectivity index (χ4n) is 1.54. The van der Waals surface area contributed by atoms with Crippen LogP contribution in [0.5, 0.6) is 0 Å². The van der Waals surface area contributed by atoms with Gasteiger partial charge < -0.3 is 10.5 Å². The average Bonchev–Trinajstić information content (AvgIpc) is 2.45. The molecule has 0 spiro atoms. The number of nitrogens with zero attached hydrogens (tertiary/aromatic N) is 1. The molecule has 0 saturated carbocycles. The molecule has 0 aliphatic carbocycles. The highest BCUT2D eigenvalue weighted by Crippen LogP contribution is 2.30. The molecular weight excluding hydrogens is 216 g/mol. The lowest BCUT2D eigenvalue weighted by atomic mass is 10.2. The molecule has 80 valence electrons. The highest BCUT2D eigenvalue weighted by Gasteiger charge is 2.30. The van der Waals surface area contributed by atoms with E-state index in [0.29, 0.717) is 22.9 Å². The second kappa shape index (κ2) is 3.62. The normalized spacial score (nSPS) is 20.5. The first-order valence-corrected chi connectivity index (χ1v) is 4.99. The molecule has 1 saturated heterocycles. The number of hydrogen-bond acceptors (Lipinski definition) is 3. The number of amides is 1.